The van der Waals surface area contributed by atoms with Gasteiger partial charge in [0.15, 0.2) is 9.84 Å². The fraction of sp³-hybridized carbons (Fsp3) is 0.333. The van der Waals surface area contributed by atoms with Crippen molar-refractivity contribution in [3.63, 3.8) is 0 Å². The van der Waals surface area contributed by atoms with Gasteiger partial charge in [0.25, 0.3) is 0 Å². The molecule has 2 heterocycles. The number of hydrogen-bond donors (Lipinski definition) is 3. The number of carboxylic acid groups (broad SMARTS) is 1. The number of carbonyl (C=O) groups is 1. The zero-order chi connectivity index (χ0) is 20.3. The molecule has 0 radical (unpaired) electrons. The number of hydrogen-bond acceptors (Lipinski definition) is 7. The fourth-order valence-electron chi connectivity index (χ4n) is 2.96. The molecule has 2 aromatic rings. The number of nitrogen functional groups attached to an aromatic ring is 1. The number of nitrogens with two attached hydrogens (primary N) is 1. The van der Waals surface area contributed by atoms with Gasteiger partial charge in [-0.05, 0) is 43.2 Å². The van der Waals surface area contributed by atoms with Crippen molar-refractivity contribution in [3.05, 3.63) is 36.5 Å². The van der Waals surface area contributed by atoms with E-state index in [1.54, 1.807) is 24.4 Å². The number of likely N-dealkylation sites (tertiary alicyclic amines) is 1. The van der Waals surface area contributed by atoms with Gasteiger partial charge in [-0.25, -0.2) is 18.2 Å². The Labute approximate surface area is 163 Å². The maximum Gasteiger partial charge on any atom is 0.407 e. The lowest BCUT2D eigenvalue weighted by atomic mass is 10.1. The highest BCUT2D eigenvalue weighted by molar-refractivity contribution is 7.90. The first-order valence-electron chi connectivity index (χ1n) is 8.71. The van der Waals surface area contributed by atoms with Gasteiger partial charge in [0, 0.05) is 31.6 Å². The molecule has 28 heavy (non-hydrogen) atoms. The lowest BCUT2D eigenvalue weighted by Crippen LogP contribution is -2.41. The number of pyridine rings is 1. The summed E-state index contributed by atoms with van der Waals surface area (Å²) >= 11 is 0. The van der Waals surface area contributed by atoms with Gasteiger partial charge in [-0.1, -0.05) is 0 Å². The number of nitrogens with zero attached hydrogens (tertiary/aromatic N) is 2. The van der Waals surface area contributed by atoms with Crippen molar-refractivity contribution in [1.29, 1.82) is 0 Å². The number of sulfone groups is 1. The summed E-state index contributed by atoms with van der Waals surface area (Å²) in [4.78, 5) is 16.7. The Morgan fingerprint density at radius 2 is 1.89 bits per heavy atom. The van der Waals surface area contributed by atoms with Crippen molar-refractivity contribution >= 4 is 27.3 Å². The predicted molar refractivity (Wildman–Crippen MR) is 105 cm³/mol. The van der Waals surface area contributed by atoms with Crippen LogP contribution in [-0.2, 0) is 9.84 Å². The second kappa shape index (κ2) is 7.93. The Balaban J connectivity index is 1.69. The van der Waals surface area contributed by atoms with E-state index in [0.29, 0.717) is 43.1 Å². The maximum absolute atomic E-state index is 11.5. The molecule has 150 valence electrons. The molecule has 1 aliphatic heterocycles. The van der Waals surface area contributed by atoms with E-state index in [2.05, 4.69) is 10.3 Å². The molecule has 0 spiro atoms. The topological polar surface area (TPSA) is 135 Å². The van der Waals surface area contributed by atoms with Gasteiger partial charge < -0.3 is 25.8 Å². The summed E-state index contributed by atoms with van der Waals surface area (Å²) in [6.45, 7) is 0.933. The molecule has 1 aliphatic rings. The highest BCUT2D eigenvalue weighted by Crippen LogP contribution is 2.32. The quantitative estimate of drug-likeness (QED) is 0.689. The summed E-state index contributed by atoms with van der Waals surface area (Å²) in [6.07, 6.45) is 3.15. The summed E-state index contributed by atoms with van der Waals surface area (Å²) in [7, 11) is -3.28. The van der Waals surface area contributed by atoms with E-state index in [1.807, 2.05) is 0 Å². The SMILES string of the molecule is CS(=O)(=O)c1ccc(Oc2nccc(NC3CCN(C(=O)O)CC3)c2N)cc1. The number of anilines is 2. The molecule has 1 aromatic carbocycles. The second-order valence-electron chi connectivity index (χ2n) is 6.61. The van der Waals surface area contributed by atoms with Gasteiger partial charge in [0.2, 0.25) is 5.88 Å². The summed E-state index contributed by atoms with van der Waals surface area (Å²) in [5.74, 6) is 0.624. The van der Waals surface area contributed by atoms with Crippen molar-refractivity contribution in [3.8, 4) is 11.6 Å². The first-order chi connectivity index (χ1) is 13.2. The van der Waals surface area contributed by atoms with Crippen LogP contribution in [0.1, 0.15) is 12.8 Å². The fourth-order valence-corrected chi connectivity index (χ4v) is 3.59. The lowest BCUT2D eigenvalue weighted by molar-refractivity contribution is 0.134. The zero-order valence-corrected chi connectivity index (χ0v) is 16.1. The number of benzene rings is 1. The number of aromatic nitrogens is 1. The molecule has 0 unspecified atom stereocenters. The highest BCUT2D eigenvalue weighted by atomic mass is 32.2. The van der Waals surface area contributed by atoms with Crippen molar-refractivity contribution in [2.45, 2.75) is 23.8 Å². The number of piperidine rings is 1. The second-order valence-corrected chi connectivity index (χ2v) is 8.63. The van der Waals surface area contributed by atoms with E-state index in [0.717, 1.165) is 6.26 Å². The molecule has 1 amide bonds. The first kappa shape index (κ1) is 19.7. The Morgan fingerprint density at radius 3 is 2.46 bits per heavy atom. The average Bonchev–Trinajstić information content (AvgIpc) is 2.65. The molecule has 0 aliphatic carbocycles. The smallest absolute Gasteiger partial charge is 0.407 e. The summed E-state index contributed by atoms with van der Waals surface area (Å²) < 4.78 is 28.8. The minimum absolute atomic E-state index is 0.0993. The zero-order valence-electron chi connectivity index (χ0n) is 15.3. The van der Waals surface area contributed by atoms with Crippen LogP contribution in [0.2, 0.25) is 0 Å². The van der Waals surface area contributed by atoms with Crippen LogP contribution in [0.25, 0.3) is 0 Å². The van der Waals surface area contributed by atoms with Gasteiger partial charge >= 0.3 is 6.09 Å². The number of ether oxygens (including phenoxy) is 1. The van der Waals surface area contributed by atoms with E-state index in [9.17, 15) is 13.2 Å². The van der Waals surface area contributed by atoms with E-state index in [-0.39, 0.29) is 16.8 Å². The molecule has 9 nitrogen and oxygen atoms in total. The standard InChI is InChI=1S/C18H22N4O5S/c1-28(25,26)14-4-2-13(3-5-14)27-17-16(19)15(6-9-20-17)21-12-7-10-22(11-8-12)18(23)24/h2-6,9,12H,7-8,10-11,19H2,1H3,(H,20,21)(H,23,24). The molecule has 3 rings (SSSR count). The molecule has 10 heteroatoms. The lowest BCUT2D eigenvalue weighted by Gasteiger charge is -2.31. The van der Waals surface area contributed by atoms with Crippen LogP contribution in [0.15, 0.2) is 41.4 Å². The van der Waals surface area contributed by atoms with Crippen molar-refractivity contribution in [2.24, 2.45) is 0 Å². The molecule has 0 bridgehead atoms. The molecular formula is C18H22N4O5S. The molecule has 1 saturated heterocycles. The molecule has 1 aromatic heterocycles. The van der Waals surface area contributed by atoms with E-state index < -0.39 is 15.9 Å². The highest BCUT2D eigenvalue weighted by Gasteiger charge is 2.23. The van der Waals surface area contributed by atoms with E-state index in [1.165, 1.54) is 17.0 Å². The normalized spacial score (nSPS) is 15.2. The first-order valence-corrected chi connectivity index (χ1v) is 10.6. The van der Waals surface area contributed by atoms with Gasteiger partial charge in [-0.15, -0.1) is 0 Å². The van der Waals surface area contributed by atoms with Crippen LogP contribution in [0.3, 0.4) is 0 Å². The van der Waals surface area contributed by atoms with Crippen LogP contribution < -0.4 is 15.8 Å². The van der Waals surface area contributed by atoms with Crippen LogP contribution >= 0.6 is 0 Å². The Morgan fingerprint density at radius 1 is 1.25 bits per heavy atom. The molecule has 4 N–H and O–H groups in total. The maximum atomic E-state index is 11.5. The van der Waals surface area contributed by atoms with Gasteiger partial charge in [0.1, 0.15) is 11.4 Å². The van der Waals surface area contributed by atoms with Gasteiger partial charge in [0.05, 0.1) is 10.6 Å². The predicted octanol–water partition coefficient (Wildman–Crippen LogP) is 2.41. The third-order valence-corrected chi connectivity index (χ3v) is 5.67. The van der Waals surface area contributed by atoms with Crippen LogP contribution in [0.5, 0.6) is 11.6 Å². The molecule has 1 fully saturated rings. The number of rotatable bonds is 5. The minimum atomic E-state index is -3.28. The van der Waals surface area contributed by atoms with Crippen LogP contribution in [-0.4, -0.2) is 54.9 Å². The third kappa shape index (κ3) is 4.63. The summed E-state index contributed by atoms with van der Waals surface area (Å²) in [5, 5.41) is 12.3. The minimum Gasteiger partial charge on any atom is -0.465 e. The van der Waals surface area contributed by atoms with Crippen LogP contribution in [0, 0.1) is 0 Å². The van der Waals surface area contributed by atoms with Crippen molar-refractivity contribution in [2.75, 3.05) is 30.4 Å². The van der Waals surface area contributed by atoms with E-state index in [4.69, 9.17) is 15.6 Å². The molecule has 0 atom stereocenters. The van der Waals surface area contributed by atoms with Gasteiger partial charge in [-0.2, -0.15) is 0 Å². The third-order valence-electron chi connectivity index (χ3n) is 4.55. The van der Waals surface area contributed by atoms with Crippen molar-refractivity contribution < 1.29 is 23.1 Å². The average molecular weight is 406 g/mol. The molecule has 0 saturated carbocycles. The largest absolute Gasteiger partial charge is 0.465 e. The monoisotopic (exact) mass is 406 g/mol. The number of nitrogens with one attached hydrogen (secondary N) is 1. The van der Waals surface area contributed by atoms with Crippen LogP contribution in [0.4, 0.5) is 16.2 Å². The van der Waals surface area contributed by atoms with Crippen molar-refractivity contribution in [1.82, 2.24) is 9.88 Å². The Hall–Kier alpha value is -3.01. The number of amides is 1. The van der Waals surface area contributed by atoms with Gasteiger partial charge in [-0.3, -0.25) is 0 Å². The van der Waals surface area contributed by atoms with E-state index >= 15 is 0 Å². The summed E-state index contributed by atoms with van der Waals surface area (Å²) in [5.41, 5.74) is 7.16. The Kier molecular flexibility index (Phi) is 5.59. The summed E-state index contributed by atoms with van der Waals surface area (Å²) in [6, 6.07) is 7.83. The Bertz CT molecular complexity index is 954. The molecular weight excluding hydrogens is 384 g/mol.